The summed E-state index contributed by atoms with van der Waals surface area (Å²) in [6.45, 7) is 1.68. The van der Waals surface area contributed by atoms with Crippen LogP contribution in [0.2, 0.25) is 0 Å². The molecule has 1 aliphatic rings. The Kier molecular flexibility index (Phi) is 6.26. The van der Waals surface area contributed by atoms with Gasteiger partial charge in [-0.3, -0.25) is 9.36 Å². The molecule has 0 aliphatic carbocycles. The zero-order valence-electron chi connectivity index (χ0n) is 15.7. The Labute approximate surface area is 171 Å². The third-order valence-corrected chi connectivity index (χ3v) is 5.57. The first kappa shape index (κ1) is 19.7. The van der Waals surface area contributed by atoms with Gasteiger partial charge in [-0.25, -0.2) is 4.39 Å². The first-order valence-electron chi connectivity index (χ1n) is 9.41. The number of carbonyl (C=O) groups is 1. The number of benzene rings is 1. The highest BCUT2D eigenvalue weighted by atomic mass is 32.2. The number of halogens is 1. The molecule has 3 heterocycles. The van der Waals surface area contributed by atoms with Crippen LogP contribution in [-0.4, -0.2) is 39.1 Å². The van der Waals surface area contributed by atoms with Crippen molar-refractivity contribution in [2.45, 2.75) is 37.2 Å². The lowest BCUT2D eigenvalue weighted by atomic mass is 10.2. The van der Waals surface area contributed by atoms with E-state index < -0.39 is 0 Å². The van der Waals surface area contributed by atoms with Gasteiger partial charge in [0.05, 0.1) is 31.2 Å². The molecule has 0 bridgehead atoms. The molecule has 1 aliphatic heterocycles. The minimum atomic E-state index is -0.304. The number of hydrogen-bond donors (Lipinski definition) is 1. The van der Waals surface area contributed by atoms with Crippen LogP contribution in [0.25, 0.3) is 11.4 Å². The molecule has 1 amide bonds. The molecule has 3 aromatic rings. The van der Waals surface area contributed by atoms with Crippen LogP contribution in [0.5, 0.6) is 0 Å². The molecule has 1 atom stereocenters. The van der Waals surface area contributed by atoms with Crippen LogP contribution >= 0.6 is 11.8 Å². The summed E-state index contributed by atoms with van der Waals surface area (Å²) in [6, 6.07) is 9.73. The molecule has 0 saturated carbocycles. The van der Waals surface area contributed by atoms with E-state index in [0.29, 0.717) is 29.8 Å². The highest BCUT2D eigenvalue weighted by molar-refractivity contribution is 7.99. The molecule has 1 aromatic carbocycles. The van der Waals surface area contributed by atoms with Crippen LogP contribution in [0.15, 0.2) is 52.2 Å². The number of aromatic nitrogens is 3. The summed E-state index contributed by atoms with van der Waals surface area (Å²) in [5.74, 6) is 1.11. The second-order valence-corrected chi connectivity index (χ2v) is 7.65. The van der Waals surface area contributed by atoms with Crippen LogP contribution in [0.3, 0.4) is 0 Å². The minimum absolute atomic E-state index is 0.0809. The average molecular weight is 416 g/mol. The molecule has 152 valence electrons. The molecule has 1 N–H and O–H groups in total. The fourth-order valence-corrected chi connectivity index (χ4v) is 3.92. The van der Waals surface area contributed by atoms with E-state index in [4.69, 9.17) is 9.15 Å². The summed E-state index contributed by atoms with van der Waals surface area (Å²) in [5, 5.41) is 12.0. The average Bonchev–Trinajstić information content (AvgIpc) is 3.49. The SMILES string of the molecule is O=C(CSc1nnc(-c2ccc(F)cc2)n1C[C@@H]1CCCO1)NCc1ccco1. The molecule has 1 fully saturated rings. The molecule has 7 nitrogen and oxygen atoms in total. The Morgan fingerprint density at radius 1 is 1.28 bits per heavy atom. The molecule has 9 heteroatoms. The van der Waals surface area contributed by atoms with Crippen molar-refractivity contribution in [2.75, 3.05) is 12.4 Å². The van der Waals surface area contributed by atoms with Gasteiger partial charge in [0.25, 0.3) is 0 Å². The van der Waals surface area contributed by atoms with Crippen molar-refractivity contribution >= 4 is 17.7 Å². The van der Waals surface area contributed by atoms with Crippen molar-refractivity contribution in [1.82, 2.24) is 20.1 Å². The van der Waals surface area contributed by atoms with Gasteiger partial charge in [0.1, 0.15) is 11.6 Å². The fourth-order valence-electron chi connectivity index (χ4n) is 3.14. The van der Waals surface area contributed by atoms with E-state index in [9.17, 15) is 9.18 Å². The molecule has 4 rings (SSSR count). The topological polar surface area (TPSA) is 82.2 Å². The first-order chi connectivity index (χ1) is 14.2. The first-order valence-corrected chi connectivity index (χ1v) is 10.4. The zero-order chi connectivity index (χ0) is 20.1. The number of carbonyl (C=O) groups excluding carboxylic acids is 1. The van der Waals surface area contributed by atoms with Gasteiger partial charge >= 0.3 is 0 Å². The summed E-state index contributed by atoms with van der Waals surface area (Å²) in [5.41, 5.74) is 0.769. The number of ether oxygens (including phenoxy) is 1. The Morgan fingerprint density at radius 3 is 2.86 bits per heavy atom. The quantitative estimate of drug-likeness (QED) is 0.568. The maximum absolute atomic E-state index is 13.3. The Morgan fingerprint density at radius 2 is 2.14 bits per heavy atom. The van der Waals surface area contributed by atoms with Crippen molar-refractivity contribution in [1.29, 1.82) is 0 Å². The zero-order valence-corrected chi connectivity index (χ0v) is 16.5. The van der Waals surface area contributed by atoms with Crippen LogP contribution < -0.4 is 5.32 Å². The summed E-state index contributed by atoms with van der Waals surface area (Å²) in [6.07, 6.45) is 3.64. The van der Waals surface area contributed by atoms with Crippen molar-refractivity contribution in [3.63, 3.8) is 0 Å². The van der Waals surface area contributed by atoms with Crippen LogP contribution in [-0.2, 0) is 22.6 Å². The maximum atomic E-state index is 13.3. The molecular formula is C20H21FN4O3S. The van der Waals surface area contributed by atoms with Crippen molar-refractivity contribution in [3.8, 4) is 11.4 Å². The monoisotopic (exact) mass is 416 g/mol. The van der Waals surface area contributed by atoms with E-state index in [1.807, 2.05) is 4.57 Å². The van der Waals surface area contributed by atoms with E-state index in [1.54, 1.807) is 30.5 Å². The third kappa shape index (κ3) is 5.04. The number of hydrogen-bond acceptors (Lipinski definition) is 6. The van der Waals surface area contributed by atoms with Gasteiger partial charge in [-0.15, -0.1) is 10.2 Å². The van der Waals surface area contributed by atoms with Crippen LogP contribution in [0, 0.1) is 5.82 Å². The maximum Gasteiger partial charge on any atom is 0.230 e. The van der Waals surface area contributed by atoms with Gasteiger partial charge in [-0.05, 0) is 49.2 Å². The number of thioether (sulfide) groups is 1. The minimum Gasteiger partial charge on any atom is -0.467 e. The van der Waals surface area contributed by atoms with Gasteiger partial charge in [0.15, 0.2) is 11.0 Å². The molecule has 29 heavy (non-hydrogen) atoms. The van der Waals surface area contributed by atoms with E-state index >= 15 is 0 Å². The lowest BCUT2D eigenvalue weighted by Gasteiger charge is -2.14. The van der Waals surface area contributed by atoms with Gasteiger partial charge < -0.3 is 14.5 Å². The largest absolute Gasteiger partial charge is 0.467 e. The molecule has 0 unspecified atom stereocenters. The van der Waals surface area contributed by atoms with Gasteiger partial charge in [0, 0.05) is 12.2 Å². The Bertz CT molecular complexity index is 937. The van der Waals surface area contributed by atoms with Gasteiger partial charge in [-0.2, -0.15) is 0 Å². The lowest BCUT2D eigenvalue weighted by molar-refractivity contribution is -0.118. The summed E-state index contributed by atoms with van der Waals surface area (Å²) in [4.78, 5) is 12.2. The Hall–Kier alpha value is -2.65. The third-order valence-electron chi connectivity index (χ3n) is 4.60. The summed E-state index contributed by atoms with van der Waals surface area (Å²) < 4.78 is 26.2. The molecule has 0 spiro atoms. The Balaban J connectivity index is 1.46. The number of nitrogens with zero attached hydrogens (tertiary/aromatic N) is 3. The number of nitrogens with one attached hydrogen (secondary N) is 1. The predicted octanol–water partition coefficient (Wildman–Crippen LogP) is 3.26. The highest BCUT2D eigenvalue weighted by Crippen LogP contribution is 2.26. The summed E-state index contributed by atoms with van der Waals surface area (Å²) >= 11 is 1.31. The standard InChI is InChI=1S/C20H21FN4O3S/c21-15-7-5-14(6-8-15)19-23-24-20(25(19)12-17-4-2-10-28-17)29-13-18(26)22-11-16-3-1-9-27-16/h1,3,5-9,17H,2,4,10-13H2,(H,22,26)/t17-/m0/s1. The number of amides is 1. The smallest absolute Gasteiger partial charge is 0.230 e. The van der Waals surface area contributed by atoms with E-state index in [-0.39, 0.29) is 23.6 Å². The van der Waals surface area contributed by atoms with E-state index in [2.05, 4.69) is 15.5 Å². The molecular weight excluding hydrogens is 395 g/mol. The number of rotatable bonds is 8. The summed E-state index contributed by atoms with van der Waals surface area (Å²) in [7, 11) is 0. The lowest BCUT2D eigenvalue weighted by Crippen LogP contribution is -2.24. The van der Waals surface area contributed by atoms with Crippen molar-refractivity contribution < 1.29 is 18.3 Å². The van der Waals surface area contributed by atoms with E-state index in [0.717, 1.165) is 25.0 Å². The predicted molar refractivity (Wildman–Crippen MR) is 106 cm³/mol. The van der Waals surface area contributed by atoms with Crippen LogP contribution in [0.4, 0.5) is 4.39 Å². The van der Waals surface area contributed by atoms with Gasteiger partial charge in [-0.1, -0.05) is 11.8 Å². The van der Waals surface area contributed by atoms with Crippen LogP contribution in [0.1, 0.15) is 18.6 Å². The molecule has 2 aromatic heterocycles. The number of furan rings is 1. The van der Waals surface area contributed by atoms with Crippen molar-refractivity contribution in [3.05, 3.63) is 54.2 Å². The second-order valence-electron chi connectivity index (χ2n) is 6.70. The van der Waals surface area contributed by atoms with Crippen molar-refractivity contribution in [2.24, 2.45) is 0 Å². The van der Waals surface area contributed by atoms with Gasteiger partial charge in [0.2, 0.25) is 5.91 Å². The molecule has 1 saturated heterocycles. The second kappa shape index (κ2) is 9.23. The normalized spacial score (nSPS) is 16.2. The highest BCUT2D eigenvalue weighted by Gasteiger charge is 2.22. The molecule has 0 radical (unpaired) electrons. The van der Waals surface area contributed by atoms with E-state index in [1.165, 1.54) is 23.9 Å². The fraction of sp³-hybridized carbons (Fsp3) is 0.350.